The van der Waals surface area contributed by atoms with Crippen LogP contribution in [-0.4, -0.2) is 56.7 Å². The Morgan fingerprint density at radius 3 is 2.68 bits per heavy atom. The van der Waals surface area contributed by atoms with Crippen LogP contribution < -0.4 is 4.90 Å². The molecule has 0 atom stereocenters. The van der Waals surface area contributed by atoms with E-state index < -0.39 is 0 Å². The van der Waals surface area contributed by atoms with E-state index in [-0.39, 0.29) is 5.97 Å². The molecule has 0 unspecified atom stereocenters. The first-order valence-corrected chi connectivity index (χ1v) is 6.52. The molecule has 106 valence electrons. The predicted octanol–water partition coefficient (Wildman–Crippen LogP) is 1.65. The van der Waals surface area contributed by atoms with Crippen LogP contribution in [0.4, 0.5) is 5.82 Å². The summed E-state index contributed by atoms with van der Waals surface area (Å²) >= 11 is 0. The second-order valence-corrected chi connectivity index (χ2v) is 4.63. The van der Waals surface area contributed by atoms with E-state index in [1.54, 1.807) is 18.3 Å². The number of anilines is 1. The Morgan fingerprint density at radius 1 is 1.37 bits per heavy atom. The van der Waals surface area contributed by atoms with Crippen molar-refractivity contribution in [1.82, 2.24) is 9.88 Å². The molecule has 0 aliphatic carbocycles. The Morgan fingerprint density at radius 2 is 2.11 bits per heavy atom. The summed E-state index contributed by atoms with van der Waals surface area (Å²) in [5.74, 6) is 0.497. The van der Waals surface area contributed by atoms with Crippen molar-refractivity contribution in [2.45, 2.75) is 13.3 Å². The second kappa shape index (κ2) is 7.74. The van der Waals surface area contributed by atoms with E-state index in [1.165, 1.54) is 7.11 Å². The van der Waals surface area contributed by atoms with Crippen LogP contribution >= 0.6 is 0 Å². The number of rotatable bonds is 7. The molecule has 0 saturated heterocycles. The molecular weight excluding hydrogens is 242 g/mol. The van der Waals surface area contributed by atoms with Crippen molar-refractivity contribution in [3.05, 3.63) is 23.9 Å². The van der Waals surface area contributed by atoms with Crippen molar-refractivity contribution < 1.29 is 9.53 Å². The van der Waals surface area contributed by atoms with Gasteiger partial charge in [0.05, 0.1) is 12.7 Å². The monoisotopic (exact) mass is 265 g/mol. The molecule has 5 nitrogen and oxygen atoms in total. The highest BCUT2D eigenvalue weighted by molar-refractivity contribution is 5.90. The Balaban J connectivity index is 2.72. The van der Waals surface area contributed by atoms with Gasteiger partial charge in [-0.3, -0.25) is 0 Å². The fourth-order valence-electron chi connectivity index (χ4n) is 1.85. The summed E-state index contributed by atoms with van der Waals surface area (Å²) in [6.45, 7) is 4.91. The molecule has 0 aliphatic rings. The lowest BCUT2D eigenvalue weighted by Crippen LogP contribution is -2.28. The van der Waals surface area contributed by atoms with Crippen molar-refractivity contribution in [3.8, 4) is 0 Å². The number of carbonyl (C=O) groups excluding carboxylic acids is 1. The standard InChI is InChI=1S/C14H23N3O2/c1-5-17(10-6-9-16(2)3)13-11-12(7-8-15-13)14(18)19-4/h7-8,11H,5-6,9-10H2,1-4H3. The number of methoxy groups -OCH3 is 1. The molecule has 0 amide bonds. The summed E-state index contributed by atoms with van der Waals surface area (Å²) in [5, 5.41) is 0. The summed E-state index contributed by atoms with van der Waals surface area (Å²) in [5.41, 5.74) is 0.540. The SMILES string of the molecule is CCN(CCCN(C)C)c1cc(C(=O)OC)ccn1. The Kier molecular flexibility index (Phi) is 6.29. The molecule has 1 rings (SSSR count). The molecule has 0 aromatic carbocycles. The van der Waals surface area contributed by atoms with Crippen molar-refractivity contribution in [1.29, 1.82) is 0 Å². The van der Waals surface area contributed by atoms with Gasteiger partial charge in [-0.1, -0.05) is 0 Å². The Bertz CT molecular complexity index is 407. The fraction of sp³-hybridized carbons (Fsp3) is 0.571. The number of hydrogen-bond acceptors (Lipinski definition) is 5. The van der Waals surface area contributed by atoms with Crippen LogP contribution in [0.3, 0.4) is 0 Å². The average Bonchev–Trinajstić information content (AvgIpc) is 2.42. The lowest BCUT2D eigenvalue weighted by Gasteiger charge is -2.23. The predicted molar refractivity (Wildman–Crippen MR) is 76.6 cm³/mol. The van der Waals surface area contributed by atoms with Crippen LogP contribution in [0.5, 0.6) is 0 Å². The minimum atomic E-state index is -0.326. The van der Waals surface area contributed by atoms with Crippen LogP contribution in [-0.2, 0) is 4.74 Å². The first-order valence-electron chi connectivity index (χ1n) is 6.52. The van der Waals surface area contributed by atoms with Gasteiger partial charge in [0.2, 0.25) is 0 Å². The molecule has 0 aliphatic heterocycles. The maximum atomic E-state index is 11.5. The number of carbonyl (C=O) groups is 1. The zero-order chi connectivity index (χ0) is 14.3. The molecule has 0 spiro atoms. The van der Waals surface area contributed by atoms with Crippen LogP contribution in [0.1, 0.15) is 23.7 Å². The van der Waals surface area contributed by atoms with Gasteiger partial charge < -0.3 is 14.5 Å². The third-order valence-corrected chi connectivity index (χ3v) is 2.91. The highest BCUT2D eigenvalue weighted by Gasteiger charge is 2.10. The van der Waals surface area contributed by atoms with E-state index in [0.717, 1.165) is 31.9 Å². The summed E-state index contributed by atoms with van der Waals surface area (Å²) in [7, 11) is 5.51. The van der Waals surface area contributed by atoms with E-state index in [1.807, 2.05) is 0 Å². The molecule has 1 aromatic heterocycles. The molecule has 0 saturated carbocycles. The number of ether oxygens (including phenoxy) is 1. The molecule has 1 aromatic rings. The topological polar surface area (TPSA) is 45.7 Å². The van der Waals surface area contributed by atoms with Crippen LogP contribution in [0.2, 0.25) is 0 Å². The number of nitrogens with zero attached hydrogens (tertiary/aromatic N) is 3. The van der Waals surface area contributed by atoms with E-state index >= 15 is 0 Å². The third-order valence-electron chi connectivity index (χ3n) is 2.91. The van der Waals surface area contributed by atoms with E-state index in [9.17, 15) is 4.79 Å². The van der Waals surface area contributed by atoms with Crippen LogP contribution in [0.15, 0.2) is 18.3 Å². The molecule has 0 radical (unpaired) electrons. The van der Waals surface area contributed by atoms with Gasteiger partial charge in [0.15, 0.2) is 0 Å². The average molecular weight is 265 g/mol. The summed E-state index contributed by atoms with van der Waals surface area (Å²) in [6.07, 6.45) is 2.71. The van der Waals surface area contributed by atoms with Crippen molar-refractivity contribution in [2.24, 2.45) is 0 Å². The van der Waals surface area contributed by atoms with Gasteiger partial charge in [-0.15, -0.1) is 0 Å². The minimum absolute atomic E-state index is 0.326. The van der Waals surface area contributed by atoms with Gasteiger partial charge >= 0.3 is 5.97 Å². The molecule has 0 bridgehead atoms. The third kappa shape index (κ3) is 4.87. The van der Waals surface area contributed by atoms with Crippen molar-refractivity contribution in [2.75, 3.05) is 45.7 Å². The highest BCUT2D eigenvalue weighted by Crippen LogP contribution is 2.13. The summed E-state index contributed by atoms with van der Waals surface area (Å²) in [6, 6.07) is 3.45. The largest absolute Gasteiger partial charge is 0.465 e. The van der Waals surface area contributed by atoms with Gasteiger partial charge in [-0.25, -0.2) is 9.78 Å². The van der Waals surface area contributed by atoms with E-state index in [0.29, 0.717) is 5.56 Å². The molecule has 0 fully saturated rings. The molecule has 19 heavy (non-hydrogen) atoms. The van der Waals surface area contributed by atoms with E-state index in [4.69, 9.17) is 4.74 Å². The van der Waals surface area contributed by atoms with Gasteiger partial charge in [-0.05, 0) is 46.1 Å². The number of hydrogen-bond donors (Lipinski definition) is 0. The lowest BCUT2D eigenvalue weighted by atomic mass is 10.2. The molecule has 1 heterocycles. The minimum Gasteiger partial charge on any atom is -0.465 e. The quantitative estimate of drug-likeness (QED) is 0.701. The Hall–Kier alpha value is -1.62. The van der Waals surface area contributed by atoms with Crippen molar-refractivity contribution in [3.63, 3.8) is 0 Å². The van der Waals surface area contributed by atoms with Gasteiger partial charge in [0, 0.05) is 19.3 Å². The van der Waals surface area contributed by atoms with Gasteiger partial charge in [-0.2, -0.15) is 0 Å². The van der Waals surface area contributed by atoms with Crippen LogP contribution in [0, 0.1) is 0 Å². The van der Waals surface area contributed by atoms with Gasteiger partial charge in [0.1, 0.15) is 5.82 Å². The zero-order valence-corrected chi connectivity index (χ0v) is 12.2. The number of aromatic nitrogens is 1. The Labute approximate surface area is 115 Å². The molecule has 0 N–H and O–H groups in total. The molecule has 5 heteroatoms. The fourth-order valence-corrected chi connectivity index (χ4v) is 1.85. The first kappa shape index (κ1) is 15.4. The maximum absolute atomic E-state index is 11.5. The smallest absolute Gasteiger partial charge is 0.338 e. The number of pyridine rings is 1. The number of esters is 1. The van der Waals surface area contributed by atoms with Crippen LogP contribution in [0.25, 0.3) is 0 Å². The summed E-state index contributed by atoms with van der Waals surface area (Å²) in [4.78, 5) is 20.2. The van der Waals surface area contributed by atoms with Gasteiger partial charge in [0.25, 0.3) is 0 Å². The lowest BCUT2D eigenvalue weighted by molar-refractivity contribution is 0.0600. The van der Waals surface area contributed by atoms with Crippen molar-refractivity contribution >= 4 is 11.8 Å². The maximum Gasteiger partial charge on any atom is 0.338 e. The highest BCUT2D eigenvalue weighted by atomic mass is 16.5. The summed E-state index contributed by atoms with van der Waals surface area (Å²) < 4.78 is 4.73. The second-order valence-electron chi connectivity index (χ2n) is 4.63. The molecular formula is C14H23N3O2. The van der Waals surface area contributed by atoms with E-state index in [2.05, 4.69) is 35.8 Å². The zero-order valence-electron chi connectivity index (χ0n) is 12.2. The normalized spacial score (nSPS) is 10.6. The first-order chi connectivity index (χ1) is 9.08.